The van der Waals surface area contributed by atoms with Crippen molar-refractivity contribution in [2.75, 3.05) is 34.4 Å². The molecule has 0 spiro atoms. The molecular formula is C28H38Cl2N5O17Ru+3. The number of hydrogen-bond donors (Lipinski definition) is 2. The second-order valence-electron chi connectivity index (χ2n) is 10.8. The fourth-order valence-corrected chi connectivity index (χ4v) is 6.61. The summed E-state index contributed by atoms with van der Waals surface area (Å²) in [7, 11) is -5.80. The van der Waals surface area contributed by atoms with Gasteiger partial charge in [-0.1, -0.05) is 18.2 Å². The van der Waals surface area contributed by atoms with Crippen molar-refractivity contribution in [3.63, 3.8) is 0 Å². The minimum absolute atomic E-state index is 0. The Morgan fingerprint density at radius 1 is 0.736 bits per heavy atom. The first kappa shape index (κ1) is 52.1. The van der Waals surface area contributed by atoms with Crippen LogP contribution in [0, 0.1) is 31.3 Å². The second-order valence-corrected chi connectivity index (χ2v) is 12.3. The van der Waals surface area contributed by atoms with Gasteiger partial charge in [-0.3, -0.25) is 34.3 Å². The van der Waals surface area contributed by atoms with Gasteiger partial charge in [-0.15, -0.1) is 20.5 Å². The maximum atomic E-state index is 13.9. The Morgan fingerprint density at radius 3 is 1.36 bits per heavy atom. The molecule has 5 rings (SSSR count). The predicted molar refractivity (Wildman–Crippen MR) is 149 cm³/mol. The summed E-state index contributed by atoms with van der Waals surface area (Å²) < 4.78 is 78.5. The number of aliphatic hydroxyl groups is 2. The molecule has 0 aromatic carbocycles. The number of halogens is 2. The van der Waals surface area contributed by atoms with Gasteiger partial charge in [0.1, 0.15) is 0 Å². The molecule has 2 fully saturated rings. The van der Waals surface area contributed by atoms with Gasteiger partial charge < -0.3 is 36.1 Å². The van der Waals surface area contributed by atoms with Crippen LogP contribution in [0.5, 0.6) is 0 Å². The van der Waals surface area contributed by atoms with E-state index in [9.17, 15) is 19.8 Å². The Hall–Kier alpha value is -3.01. The molecule has 3 aromatic heterocycles. The minimum atomic E-state index is -4.94. The number of likely N-dealkylation sites (tertiary alicyclic amines) is 2. The number of carbonyl (C=O) groups is 2. The van der Waals surface area contributed by atoms with Crippen LogP contribution >= 0.6 is 0 Å². The Bertz CT molecular complexity index is 1440. The zero-order valence-electron chi connectivity index (χ0n) is 27.9. The van der Waals surface area contributed by atoms with Crippen LogP contribution in [0.2, 0.25) is 0 Å². The number of piperidine rings is 2. The summed E-state index contributed by atoms with van der Waals surface area (Å²) in [6.45, 7) is -0.104. The summed E-state index contributed by atoms with van der Waals surface area (Å²) in [4.78, 5) is 44.9. The number of pyridine rings is 3. The predicted octanol–water partition coefficient (Wildman–Crippen LogP) is -11.0. The molecule has 0 saturated carbocycles. The smallest absolute Gasteiger partial charge is 0.468 e. The summed E-state index contributed by atoms with van der Waals surface area (Å²) in [6, 6.07) is 13.8. The standard InChI is InChI=1S/C28H31N5O6.2ClHO4.3H2O.Ru/c1-32-22(20-11-5-8-14-30-20)26(24(34)38-2)17-33(16-19-10-4-7-13-29-19)18-27(25(35)39-3,28(26,36)37)23(32)21-12-6-9-15-31-21;2*2-1(3,4)5;;;;/h4-15,22-23,36-37H,16-18H2,1-3H3;2*(H,2,3,4,5);3*1H2;/q;;;;;;+4/p-1/t22-,23+,26+,27-;;;;;;. The molecular weight excluding hydrogens is 850 g/mol. The van der Waals surface area contributed by atoms with E-state index in [2.05, 4.69) is 15.0 Å². The molecule has 2 saturated heterocycles. The van der Waals surface area contributed by atoms with Crippen molar-refractivity contribution in [2.45, 2.75) is 24.4 Å². The van der Waals surface area contributed by atoms with E-state index in [0.29, 0.717) is 17.1 Å². The van der Waals surface area contributed by atoms with Crippen molar-refractivity contribution in [3.05, 3.63) is 90.3 Å². The van der Waals surface area contributed by atoms with Crippen molar-refractivity contribution in [1.29, 1.82) is 0 Å². The number of aromatic nitrogens is 3. The van der Waals surface area contributed by atoms with Crippen molar-refractivity contribution in [1.82, 2.24) is 24.8 Å². The number of nitrogens with zero attached hydrogens (tertiary/aromatic N) is 5. The quantitative estimate of drug-likeness (QED) is 0.100. The fraction of sp³-hybridized carbons (Fsp3) is 0.393. The Labute approximate surface area is 318 Å². The number of esters is 2. The first-order valence-electron chi connectivity index (χ1n) is 13.8. The Morgan fingerprint density at radius 2 is 1.08 bits per heavy atom. The molecule has 296 valence electrons. The van der Waals surface area contributed by atoms with Gasteiger partial charge in [-0.05, 0) is 43.4 Å². The maximum Gasteiger partial charge on any atom is 4.00 e. The summed E-state index contributed by atoms with van der Waals surface area (Å²) in [5, 5.41) is 24.7. The molecule has 2 aliphatic heterocycles. The number of methoxy groups -OCH3 is 2. The van der Waals surface area contributed by atoms with E-state index in [4.69, 9.17) is 46.7 Å². The third kappa shape index (κ3) is 11.5. The fourth-order valence-electron chi connectivity index (χ4n) is 6.61. The van der Waals surface area contributed by atoms with Crippen LogP contribution in [0.15, 0.2) is 73.2 Å². The number of rotatable bonds is 6. The topological polar surface area (TPSA) is 419 Å². The van der Waals surface area contributed by atoms with E-state index in [0.717, 1.165) is 0 Å². The maximum absolute atomic E-state index is 13.9. The van der Waals surface area contributed by atoms with E-state index >= 15 is 0 Å². The molecule has 2 aliphatic rings. The van der Waals surface area contributed by atoms with Crippen LogP contribution in [0.3, 0.4) is 0 Å². The van der Waals surface area contributed by atoms with Gasteiger partial charge in [-0.2, -0.15) is 0 Å². The molecule has 2 bridgehead atoms. The van der Waals surface area contributed by atoms with E-state index in [1.165, 1.54) is 14.2 Å². The molecule has 3 aromatic rings. The van der Waals surface area contributed by atoms with Crippen LogP contribution in [0.25, 0.3) is 0 Å². The molecule has 0 unspecified atom stereocenters. The second kappa shape index (κ2) is 20.6. The van der Waals surface area contributed by atoms with Crippen molar-refractivity contribution in [3.8, 4) is 0 Å². The zero-order valence-corrected chi connectivity index (χ0v) is 31.2. The number of ether oxygens (including phenoxy) is 2. The van der Waals surface area contributed by atoms with Crippen molar-refractivity contribution >= 4 is 11.9 Å². The third-order valence-electron chi connectivity index (χ3n) is 8.09. The van der Waals surface area contributed by atoms with E-state index in [1.807, 2.05) is 17.0 Å². The molecule has 25 heteroatoms. The number of carbonyl (C=O) groups excluding carboxylic acids is 2. The van der Waals surface area contributed by atoms with Crippen molar-refractivity contribution < 1.29 is 123 Å². The van der Waals surface area contributed by atoms with Crippen LogP contribution in [-0.2, 0) is 50.6 Å². The number of hydrogen-bond acceptors (Lipinski definition) is 19. The minimum Gasteiger partial charge on any atom is -0.468 e. The van der Waals surface area contributed by atoms with Crippen molar-refractivity contribution in [2.24, 2.45) is 10.8 Å². The van der Waals surface area contributed by atoms with E-state index in [-0.39, 0.29) is 55.5 Å². The molecule has 53 heavy (non-hydrogen) atoms. The van der Waals surface area contributed by atoms with Crippen LogP contribution < -0.4 is 37.3 Å². The largest absolute Gasteiger partial charge is 4.00 e. The molecule has 0 aliphatic carbocycles. The first-order chi connectivity index (χ1) is 22.7. The molecule has 5 heterocycles. The SMILES string of the molecule is COC(=O)[C@@]12CN(Cc3ccccn3)C[C@@](C(=O)OC)([C@@H](c3ccccn3)N(C)[C@H]1c1ccccn1)C2(O)O.O.O.[O-][Cl+3]([O-])([O-])[O-].[O-][Cl+3]([O-])([O-])[O-].[OH3+].[Ru+4]. The summed E-state index contributed by atoms with van der Waals surface area (Å²) >= 11 is 0. The van der Waals surface area contributed by atoms with Gasteiger partial charge in [0.05, 0.1) is 43.4 Å². The third-order valence-corrected chi connectivity index (χ3v) is 8.09. The summed E-state index contributed by atoms with van der Waals surface area (Å²) in [5.74, 6) is -4.74. The van der Waals surface area contributed by atoms with Gasteiger partial charge in [-0.25, -0.2) is 37.3 Å². The summed E-state index contributed by atoms with van der Waals surface area (Å²) in [5.41, 5.74) is -2.70. The molecule has 0 amide bonds. The Balaban J connectivity index is 0. The summed E-state index contributed by atoms with van der Waals surface area (Å²) in [6.07, 6.45) is 4.78. The van der Waals surface area contributed by atoms with Gasteiger partial charge in [0.2, 0.25) is 5.79 Å². The van der Waals surface area contributed by atoms with Gasteiger partial charge in [0.15, 0.2) is 10.8 Å². The average Bonchev–Trinajstić information content (AvgIpc) is 3.01. The van der Waals surface area contributed by atoms with E-state index < -0.39 is 61.1 Å². The first-order valence-corrected chi connectivity index (χ1v) is 16.2. The molecule has 9 N–H and O–H groups in total. The number of fused-ring (bicyclic) bond motifs is 2. The van der Waals surface area contributed by atoms with E-state index in [1.54, 1.807) is 73.0 Å². The molecule has 4 atom stereocenters. The zero-order chi connectivity index (χ0) is 36.8. The van der Waals surface area contributed by atoms with Gasteiger partial charge in [0.25, 0.3) is 0 Å². The van der Waals surface area contributed by atoms with Crippen LogP contribution in [0.1, 0.15) is 29.2 Å². The Kier molecular flexibility index (Phi) is 20.3. The van der Waals surface area contributed by atoms with Gasteiger partial charge in [0, 0.05) is 38.2 Å². The monoisotopic (exact) mass is 888 g/mol. The van der Waals surface area contributed by atoms with Gasteiger partial charge >= 0.3 is 31.4 Å². The molecule has 0 radical (unpaired) electrons. The average molecular weight is 889 g/mol. The molecule has 22 nitrogen and oxygen atoms in total. The van der Waals surface area contributed by atoms with Crippen LogP contribution in [0.4, 0.5) is 0 Å². The van der Waals surface area contributed by atoms with Crippen LogP contribution in [-0.4, -0.2) is 98.0 Å². The normalized spacial score (nSPS) is 23.2.